The predicted octanol–water partition coefficient (Wildman–Crippen LogP) is 13.4. The second-order valence-corrected chi connectivity index (χ2v) is 14.8. The van der Waals surface area contributed by atoms with Crippen LogP contribution in [0, 0.1) is 0 Å². The second kappa shape index (κ2) is 11.8. The Labute approximate surface area is 324 Å². The summed E-state index contributed by atoms with van der Waals surface area (Å²) in [6, 6.07) is 69.4. The molecule has 0 radical (unpaired) electrons. The SMILES string of the molecule is c1ccc(-c2nc(-c3ccc4c(c3)Oc3ccccc3C43c4ccccc4-c4c3c3ccccc3c3ccccc43)cc(-c3cccc4ccccc34)n2)cc1. The van der Waals surface area contributed by atoms with Crippen molar-refractivity contribution in [2.45, 2.75) is 5.41 Å². The Hall–Kier alpha value is -7.36. The Bertz CT molecular complexity index is 3240. The summed E-state index contributed by atoms with van der Waals surface area (Å²) in [4.78, 5) is 10.4. The Morgan fingerprint density at radius 2 is 0.982 bits per heavy atom. The van der Waals surface area contributed by atoms with Crippen LogP contribution in [0.15, 0.2) is 194 Å². The Kier molecular flexibility index (Phi) is 6.55. The largest absolute Gasteiger partial charge is 0.457 e. The summed E-state index contributed by atoms with van der Waals surface area (Å²) < 4.78 is 7.00. The fourth-order valence-electron chi connectivity index (χ4n) is 9.64. The van der Waals surface area contributed by atoms with Gasteiger partial charge >= 0.3 is 0 Å². The lowest BCUT2D eigenvalue weighted by molar-refractivity contribution is 0.437. The van der Waals surface area contributed by atoms with Crippen molar-refractivity contribution in [3.8, 4) is 56.5 Å². The zero-order valence-corrected chi connectivity index (χ0v) is 30.3. The maximum Gasteiger partial charge on any atom is 0.160 e. The summed E-state index contributed by atoms with van der Waals surface area (Å²) in [6.07, 6.45) is 0. The number of ether oxygens (including phenoxy) is 1. The van der Waals surface area contributed by atoms with Crippen molar-refractivity contribution < 1.29 is 4.74 Å². The minimum absolute atomic E-state index is 0.618. The van der Waals surface area contributed by atoms with Crippen molar-refractivity contribution in [2.24, 2.45) is 0 Å². The molecule has 260 valence electrons. The summed E-state index contributed by atoms with van der Waals surface area (Å²) in [5.41, 5.74) is 11.5. The van der Waals surface area contributed by atoms with Crippen molar-refractivity contribution in [2.75, 3.05) is 0 Å². The number of fused-ring (bicyclic) bond motifs is 15. The molecule has 9 aromatic carbocycles. The van der Waals surface area contributed by atoms with Crippen LogP contribution in [0.2, 0.25) is 0 Å². The van der Waals surface area contributed by atoms with Crippen molar-refractivity contribution in [3.63, 3.8) is 0 Å². The van der Waals surface area contributed by atoms with Crippen LogP contribution in [0.5, 0.6) is 11.5 Å². The monoisotopic (exact) mass is 712 g/mol. The van der Waals surface area contributed by atoms with Gasteiger partial charge in [-0.2, -0.15) is 0 Å². The van der Waals surface area contributed by atoms with Gasteiger partial charge < -0.3 is 4.74 Å². The predicted molar refractivity (Wildman–Crippen MR) is 228 cm³/mol. The molecule has 0 bridgehead atoms. The highest BCUT2D eigenvalue weighted by atomic mass is 16.5. The van der Waals surface area contributed by atoms with E-state index in [1.165, 1.54) is 49.2 Å². The minimum Gasteiger partial charge on any atom is -0.457 e. The summed E-state index contributed by atoms with van der Waals surface area (Å²) in [6.45, 7) is 0. The Morgan fingerprint density at radius 1 is 0.375 bits per heavy atom. The molecule has 0 fully saturated rings. The summed E-state index contributed by atoms with van der Waals surface area (Å²) in [5, 5.41) is 7.38. The van der Waals surface area contributed by atoms with Gasteiger partial charge in [0.1, 0.15) is 11.5 Å². The molecule has 0 N–H and O–H groups in total. The molecule has 0 amide bonds. The van der Waals surface area contributed by atoms with E-state index in [9.17, 15) is 0 Å². The number of hydrogen-bond donors (Lipinski definition) is 0. The molecular formula is C53H32N2O. The van der Waals surface area contributed by atoms with Crippen molar-refractivity contribution in [1.82, 2.24) is 9.97 Å². The summed E-state index contributed by atoms with van der Waals surface area (Å²) in [7, 11) is 0. The van der Waals surface area contributed by atoms with E-state index in [4.69, 9.17) is 14.7 Å². The number of benzene rings is 9. The maximum absolute atomic E-state index is 7.00. The van der Waals surface area contributed by atoms with Crippen molar-refractivity contribution in [3.05, 3.63) is 216 Å². The molecule has 1 unspecified atom stereocenters. The number of hydrogen-bond acceptors (Lipinski definition) is 3. The molecule has 2 aliphatic rings. The molecule has 56 heavy (non-hydrogen) atoms. The molecule has 2 heterocycles. The first-order chi connectivity index (χ1) is 27.8. The molecule has 0 saturated carbocycles. The quantitative estimate of drug-likeness (QED) is 0.171. The van der Waals surface area contributed by atoms with Gasteiger partial charge in [0.2, 0.25) is 0 Å². The molecule has 10 aromatic rings. The van der Waals surface area contributed by atoms with Gasteiger partial charge in [-0.25, -0.2) is 9.97 Å². The zero-order valence-electron chi connectivity index (χ0n) is 30.3. The maximum atomic E-state index is 7.00. The molecular weight excluding hydrogens is 681 g/mol. The first kappa shape index (κ1) is 31.0. The van der Waals surface area contributed by atoms with Crippen LogP contribution in [-0.2, 0) is 5.41 Å². The molecule has 12 rings (SSSR count). The molecule has 1 aliphatic carbocycles. The lowest BCUT2D eigenvalue weighted by Crippen LogP contribution is -2.32. The van der Waals surface area contributed by atoms with E-state index in [0.29, 0.717) is 5.82 Å². The van der Waals surface area contributed by atoms with E-state index in [-0.39, 0.29) is 0 Å². The van der Waals surface area contributed by atoms with Gasteiger partial charge in [-0.15, -0.1) is 0 Å². The smallest absolute Gasteiger partial charge is 0.160 e. The highest BCUT2D eigenvalue weighted by Crippen LogP contribution is 2.65. The highest BCUT2D eigenvalue weighted by molar-refractivity contribution is 6.19. The molecule has 1 atom stereocenters. The number of rotatable bonds is 3. The Balaban J connectivity index is 1.15. The molecule has 1 spiro atoms. The molecule has 0 saturated heterocycles. The van der Waals surface area contributed by atoms with E-state index >= 15 is 0 Å². The van der Waals surface area contributed by atoms with Crippen LogP contribution in [0.1, 0.15) is 22.3 Å². The van der Waals surface area contributed by atoms with Gasteiger partial charge in [-0.3, -0.25) is 0 Å². The third kappa shape index (κ3) is 4.28. The van der Waals surface area contributed by atoms with E-state index in [1.807, 2.05) is 18.2 Å². The topological polar surface area (TPSA) is 35.0 Å². The van der Waals surface area contributed by atoms with Gasteiger partial charge in [0.15, 0.2) is 5.82 Å². The van der Waals surface area contributed by atoms with Crippen LogP contribution in [-0.4, -0.2) is 9.97 Å². The van der Waals surface area contributed by atoms with Gasteiger partial charge in [0.25, 0.3) is 0 Å². The number of nitrogens with zero attached hydrogens (tertiary/aromatic N) is 2. The summed E-state index contributed by atoms with van der Waals surface area (Å²) in [5.74, 6) is 2.37. The average molecular weight is 713 g/mol. The van der Waals surface area contributed by atoms with Crippen LogP contribution in [0.4, 0.5) is 0 Å². The molecule has 1 aliphatic heterocycles. The number of aromatic nitrogens is 2. The van der Waals surface area contributed by atoms with Crippen LogP contribution in [0.25, 0.3) is 77.3 Å². The van der Waals surface area contributed by atoms with Crippen LogP contribution in [0.3, 0.4) is 0 Å². The highest BCUT2D eigenvalue weighted by Gasteiger charge is 2.52. The van der Waals surface area contributed by atoms with Gasteiger partial charge in [0.05, 0.1) is 16.8 Å². The van der Waals surface area contributed by atoms with E-state index in [1.54, 1.807) is 0 Å². The molecule has 3 nitrogen and oxygen atoms in total. The van der Waals surface area contributed by atoms with Gasteiger partial charge in [0, 0.05) is 27.8 Å². The van der Waals surface area contributed by atoms with Gasteiger partial charge in [-0.05, 0) is 72.8 Å². The Morgan fingerprint density at radius 3 is 1.84 bits per heavy atom. The van der Waals surface area contributed by atoms with Gasteiger partial charge in [-0.1, -0.05) is 176 Å². The van der Waals surface area contributed by atoms with Crippen LogP contribution >= 0.6 is 0 Å². The second-order valence-electron chi connectivity index (χ2n) is 14.8. The van der Waals surface area contributed by atoms with E-state index in [2.05, 4.69) is 176 Å². The number of para-hydroxylation sites is 1. The van der Waals surface area contributed by atoms with E-state index in [0.717, 1.165) is 56.1 Å². The first-order valence-electron chi connectivity index (χ1n) is 19.2. The van der Waals surface area contributed by atoms with Crippen LogP contribution < -0.4 is 4.74 Å². The first-order valence-corrected chi connectivity index (χ1v) is 19.2. The third-order valence-corrected chi connectivity index (χ3v) is 11.9. The lowest BCUT2D eigenvalue weighted by Gasteiger charge is -2.40. The fourth-order valence-corrected chi connectivity index (χ4v) is 9.64. The third-order valence-electron chi connectivity index (χ3n) is 11.9. The average Bonchev–Trinajstić information content (AvgIpc) is 3.58. The zero-order chi connectivity index (χ0) is 36.8. The molecule has 3 heteroatoms. The minimum atomic E-state index is -0.618. The van der Waals surface area contributed by atoms with Crippen molar-refractivity contribution >= 4 is 32.3 Å². The standard InChI is InChI=1S/C53H32N2O/c1-2-16-34(17-3-1)52-54-46(32-47(55-52)39-25-14-18-33-15-4-5-19-36(33)39)35-29-30-45-49(31-35)56-48-28-13-12-27-44(48)53(45)43-26-11-10-24-42(43)50-40-22-8-6-20-37(40)38-21-7-9-23-41(38)51(50)53/h1-32H. The van der Waals surface area contributed by atoms with Crippen molar-refractivity contribution in [1.29, 1.82) is 0 Å². The van der Waals surface area contributed by atoms with E-state index < -0.39 is 5.41 Å². The fraction of sp³-hybridized carbons (Fsp3) is 0.0189. The summed E-state index contributed by atoms with van der Waals surface area (Å²) >= 11 is 0. The lowest BCUT2D eigenvalue weighted by atomic mass is 9.65. The molecule has 1 aromatic heterocycles. The normalized spacial score (nSPS) is 15.0.